The molecule has 1 heteroatoms. The molecule has 220 valence electrons. The Morgan fingerprint density at radius 1 is 0.292 bits per heavy atom. The van der Waals surface area contributed by atoms with Gasteiger partial charge in [-0.25, -0.2) is 0 Å². The summed E-state index contributed by atoms with van der Waals surface area (Å²) in [6, 6.07) is 58.5. The van der Waals surface area contributed by atoms with Crippen LogP contribution >= 0.6 is 0 Å². The third-order valence-electron chi connectivity index (χ3n) is 10.6. The van der Waals surface area contributed by atoms with E-state index in [1.54, 1.807) is 0 Å². The predicted molar refractivity (Wildman–Crippen MR) is 206 cm³/mol. The molecule has 0 amide bonds. The van der Waals surface area contributed by atoms with E-state index in [4.69, 9.17) is 4.98 Å². The largest absolute Gasteiger partial charge is 0.256 e. The van der Waals surface area contributed by atoms with Gasteiger partial charge in [-0.3, -0.25) is 4.98 Å². The van der Waals surface area contributed by atoms with Crippen LogP contribution in [0.1, 0.15) is 0 Å². The van der Waals surface area contributed by atoms with E-state index >= 15 is 0 Å². The second-order valence-corrected chi connectivity index (χ2v) is 13.1. The minimum Gasteiger partial charge on any atom is -0.256 e. The van der Waals surface area contributed by atoms with E-state index in [1.165, 1.54) is 92.1 Å². The second-order valence-electron chi connectivity index (χ2n) is 13.1. The normalized spacial score (nSPS) is 12.2. The first-order chi connectivity index (χ1) is 23.8. The summed E-state index contributed by atoms with van der Waals surface area (Å²) in [7, 11) is 0. The van der Waals surface area contributed by atoms with Gasteiger partial charge in [0.15, 0.2) is 0 Å². The molecule has 0 bridgehead atoms. The maximum Gasteiger partial charge on any atom is 0.0702 e. The zero-order chi connectivity index (χ0) is 31.3. The first-order valence-corrected chi connectivity index (χ1v) is 16.6. The van der Waals surface area contributed by atoms with Gasteiger partial charge in [0.25, 0.3) is 0 Å². The van der Waals surface area contributed by atoms with Gasteiger partial charge >= 0.3 is 0 Å². The highest BCUT2D eigenvalue weighted by Crippen LogP contribution is 2.45. The minimum atomic E-state index is 1.02. The summed E-state index contributed by atoms with van der Waals surface area (Å²) in [5, 5.41) is 19.2. The van der Waals surface area contributed by atoms with Gasteiger partial charge in [-0.05, 0) is 116 Å². The van der Waals surface area contributed by atoms with Gasteiger partial charge < -0.3 is 0 Å². The fourth-order valence-corrected chi connectivity index (χ4v) is 8.46. The Labute approximate surface area is 276 Å². The van der Waals surface area contributed by atoms with Gasteiger partial charge in [0.1, 0.15) is 0 Å². The lowest BCUT2D eigenvalue weighted by Gasteiger charge is -2.18. The molecule has 1 aromatic heterocycles. The monoisotopic (exact) mass is 605 g/mol. The third kappa shape index (κ3) is 3.53. The van der Waals surface area contributed by atoms with Gasteiger partial charge in [0.05, 0.1) is 5.52 Å². The molecule has 48 heavy (non-hydrogen) atoms. The third-order valence-corrected chi connectivity index (χ3v) is 10.6. The fourth-order valence-electron chi connectivity index (χ4n) is 8.46. The molecule has 0 N–H and O–H groups in total. The lowest BCUT2D eigenvalue weighted by molar-refractivity contribution is 1.41. The van der Waals surface area contributed by atoms with Crippen LogP contribution in [-0.4, -0.2) is 4.98 Å². The number of aromatic nitrogens is 1. The van der Waals surface area contributed by atoms with E-state index in [-0.39, 0.29) is 0 Å². The van der Waals surface area contributed by atoms with E-state index in [2.05, 4.69) is 152 Å². The van der Waals surface area contributed by atoms with Crippen molar-refractivity contribution in [3.05, 3.63) is 164 Å². The van der Waals surface area contributed by atoms with Crippen LogP contribution in [0.4, 0.5) is 0 Å². The number of hydrogen-bond donors (Lipinski definition) is 0. The average Bonchev–Trinajstić information content (AvgIpc) is 3.15. The molecule has 0 aliphatic rings. The lowest BCUT2D eigenvalue weighted by atomic mass is 9.85. The van der Waals surface area contributed by atoms with E-state index in [1.807, 2.05) is 12.3 Å². The highest BCUT2D eigenvalue weighted by molar-refractivity contribution is 6.37. The van der Waals surface area contributed by atoms with Crippen LogP contribution in [0, 0.1) is 0 Å². The van der Waals surface area contributed by atoms with Crippen LogP contribution in [0.3, 0.4) is 0 Å². The van der Waals surface area contributed by atoms with Crippen molar-refractivity contribution in [2.24, 2.45) is 0 Å². The molecule has 10 aromatic carbocycles. The highest BCUT2D eigenvalue weighted by Gasteiger charge is 2.17. The molecule has 1 nitrogen and oxygen atoms in total. The quantitative estimate of drug-likeness (QED) is 0.179. The Kier molecular flexibility index (Phi) is 5.17. The second kappa shape index (κ2) is 9.61. The molecule has 11 rings (SSSR count). The van der Waals surface area contributed by atoms with Gasteiger partial charge in [-0.1, -0.05) is 133 Å². The summed E-state index contributed by atoms with van der Waals surface area (Å²) in [6.07, 6.45) is 2.01. The van der Waals surface area contributed by atoms with Crippen molar-refractivity contribution in [2.45, 2.75) is 0 Å². The summed E-state index contributed by atoms with van der Waals surface area (Å²) in [4.78, 5) is 4.80. The standard InChI is InChI=1S/C47H27N/c1-4-17-43-31(8-1)24-34(27-48-43)36-23-22-35(37-12-2-3-13-38(36)37)33-25-32-21-20-30-10-6-15-40-39-14-5-9-28-18-19-29-11-7-16-41(46(29)44(28)39)42(26-33)47(32)45(30)40/h1-27H. The molecule has 0 spiro atoms. The van der Waals surface area contributed by atoms with E-state index < -0.39 is 0 Å². The van der Waals surface area contributed by atoms with Crippen LogP contribution in [0.15, 0.2) is 164 Å². The Hall–Kier alpha value is -6.31. The van der Waals surface area contributed by atoms with Crippen LogP contribution in [0.2, 0.25) is 0 Å². The number of nitrogens with zero attached hydrogens (tertiary/aromatic N) is 1. The molecular formula is C47H27N. The smallest absolute Gasteiger partial charge is 0.0702 e. The number of hydrogen-bond acceptors (Lipinski definition) is 1. The summed E-state index contributed by atoms with van der Waals surface area (Å²) < 4.78 is 0. The molecular weight excluding hydrogens is 579 g/mol. The first kappa shape index (κ1) is 25.8. The van der Waals surface area contributed by atoms with Crippen molar-refractivity contribution in [3.8, 4) is 22.3 Å². The maximum atomic E-state index is 4.80. The molecule has 0 aliphatic heterocycles. The van der Waals surface area contributed by atoms with Crippen molar-refractivity contribution in [3.63, 3.8) is 0 Å². The van der Waals surface area contributed by atoms with Crippen molar-refractivity contribution in [1.29, 1.82) is 0 Å². The maximum absolute atomic E-state index is 4.80. The number of rotatable bonds is 2. The molecule has 0 saturated carbocycles. The van der Waals surface area contributed by atoms with Gasteiger partial charge in [-0.15, -0.1) is 0 Å². The van der Waals surface area contributed by atoms with Crippen molar-refractivity contribution < 1.29 is 0 Å². The fraction of sp³-hybridized carbons (Fsp3) is 0. The Balaban J connectivity index is 1.28. The van der Waals surface area contributed by atoms with Crippen molar-refractivity contribution >= 4 is 86.3 Å². The minimum absolute atomic E-state index is 1.02. The predicted octanol–water partition coefficient (Wildman–Crippen LogP) is 13.1. The number of para-hydroxylation sites is 1. The summed E-state index contributed by atoms with van der Waals surface area (Å²) in [6.45, 7) is 0. The highest BCUT2D eigenvalue weighted by atomic mass is 14.6. The Morgan fingerprint density at radius 2 is 0.750 bits per heavy atom. The summed E-state index contributed by atoms with van der Waals surface area (Å²) in [5.74, 6) is 0. The summed E-state index contributed by atoms with van der Waals surface area (Å²) in [5.41, 5.74) is 5.82. The van der Waals surface area contributed by atoms with Crippen molar-refractivity contribution in [2.75, 3.05) is 0 Å². The van der Waals surface area contributed by atoms with E-state index in [9.17, 15) is 0 Å². The molecule has 0 atom stereocenters. The van der Waals surface area contributed by atoms with E-state index in [0.29, 0.717) is 0 Å². The van der Waals surface area contributed by atoms with E-state index in [0.717, 1.165) is 16.5 Å². The molecule has 11 aromatic rings. The molecule has 0 radical (unpaired) electrons. The molecule has 0 saturated heterocycles. The van der Waals surface area contributed by atoms with Crippen LogP contribution in [0.25, 0.3) is 109 Å². The summed E-state index contributed by atoms with van der Waals surface area (Å²) >= 11 is 0. The molecule has 1 heterocycles. The first-order valence-electron chi connectivity index (χ1n) is 16.6. The van der Waals surface area contributed by atoms with Gasteiger partial charge in [0, 0.05) is 17.1 Å². The van der Waals surface area contributed by atoms with Crippen LogP contribution in [-0.2, 0) is 0 Å². The van der Waals surface area contributed by atoms with Crippen LogP contribution < -0.4 is 0 Å². The Morgan fingerprint density at radius 3 is 1.40 bits per heavy atom. The molecule has 0 aliphatic carbocycles. The van der Waals surface area contributed by atoms with Gasteiger partial charge in [-0.2, -0.15) is 0 Å². The SMILES string of the molecule is c1ccc2ncc(-c3ccc(-c4cc5ccc6cccc7c8cccc9ccc%10cccc(c(c4)c5c67)c%10c98)c4ccccc34)cc2c1. The molecule has 0 fully saturated rings. The Bertz CT molecular complexity index is 3110. The number of pyridine rings is 1. The number of benzene rings is 9. The lowest BCUT2D eigenvalue weighted by Crippen LogP contribution is -1.90. The van der Waals surface area contributed by atoms with Crippen LogP contribution in [0.5, 0.6) is 0 Å². The molecule has 0 unspecified atom stereocenters. The average molecular weight is 606 g/mol. The van der Waals surface area contributed by atoms with Gasteiger partial charge in [0.2, 0.25) is 0 Å². The zero-order valence-corrected chi connectivity index (χ0v) is 26.0. The zero-order valence-electron chi connectivity index (χ0n) is 26.0. The topological polar surface area (TPSA) is 12.9 Å². The number of fused-ring (bicyclic) bond motifs is 4. The van der Waals surface area contributed by atoms with Crippen molar-refractivity contribution in [1.82, 2.24) is 4.98 Å².